The first-order valence-corrected chi connectivity index (χ1v) is 5.91. The van der Waals surface area contributed by atoms with Gasteiger partial charge in [-0.15, -0.1) is 0 Å². The standard InChI is InChI=1S/C14H15NO/c16-14(12-5-3-6-12)10-15-9-8-11-4-1-2-7-13(11)15/h1-2,4,7-9,12H,3,5-6,10H2. The summed E-state index contributed by atoms with van der Waals surface area (Å²) >= 11 is 0. The lowest BCUT2D eigenvalue weighted by Gasteiger charge is -2.24. The highest BCUT2D eigenvalue weighted by Gasteiger charge is 2.25. The van der Waals surface area contributed by atoms with Crippen LogP contribution in [0.1, 0.15) is 19.3 Å². The summed E-state index contributed by atoms with van der Waals surface area (Å²) in [5, 5.41) is 1.21. The Bertz CT molecular complexity index is 522. The van der Waals surface area contributed by atoms with Gasteiger partial charge in [-0.2, -0.15) is 0 Å². The molecule has 1 saturated carbocycles. The zero-order valence-electron chi connectivity index (χ0n) is 9.23. The summed E-state index contributed by atoms with van der Waals surface area (Å²) < 4.78 is 2.07. The van der Waals surface area contributed by atoms with Crippen molar-refractivity contribution in [2.45, 2.75) is 25.8 Å². The molecule has 1 fully saturated rings. The number of nitrogens with zero attached hydrogens (tertiary/aromatic N) is 1. The molecule has 2 heteroatoms. The molecule has 2 aromatic rings. The minimum absolute atomic E-state index is 0.334. The van der Waals surface area contributed by atoms with Crippen LogP contribution in [-0.4, -0.2) is 10.4 Å². The molecule has 0 amide bonds. The first kappa shape index (κ1) is 9.64. The largest absolute Gasteiger partial charge is 0.340 e. The van der Waals surface area contributed by atoms with E-state index in [0.29, 0.717) is 18.2 Å². The number of ketones is 1. The molecule has 2 nitrogen and oxygen atoms in total. The van der Waals surface area contributed by atoms with E-state index in [1.807, 2.05) is 18.3 Å². The molecule has 0 aliphatic heterocycles. The van der Waals surface area contributed by atoms with Gasteiger partial charge in [-0.05, 0) is 30.4 Å². The molecule has 0 spiro atoms. The SMILES string of the molecule is O=C(Cn1ccc2ccccc21)C1CCC1. The second-order valence-electron chi connectivity index (χ2n) is 4.60. The first-order valence-electron chi connectivity index (χ1n) is 5.91. The number of hydrogen-bond acceptors (Lipinski definition) is 1. The molecule has 0 saturated heterocycles. The molecule has 82 valence electrons. The van der Waals surface area contributed by atoms with Gasteiger partial charge in [0.2, 0.25) is 0 Å². The maximum absolute atomic E-state index is 11.9. The minimum atomic E-state index is 0.334. The van der Waals surface area contributed by atoms with Crippen LogP contribution >= 0.6 is 0 Å². The Kier molecular flexibility index (Phi) is 2.28. The normalized spacial score (nSPS) is 16.2. The molecule has 1 aromatic carbocycles. The van der Waals surface area contributed by atoms with E-state index < -0.39 is 0 Å². The van der Waals surface area contributed by atoms with Crippen molar-refractivity contribution < 1.29 is 4.79 Å². The van der Waals surface area contributed by atoms with Crippen LogP contribution in [0, 0.1) is 5.92 Å². The Morgan fingerprint density at radius 3 is 2.81 bits per heavy atom. The van der Waals surface area contributed by atoms with Crippen LogP contribution < -0.4 is 0 Å². The van der Waals surface area contributed by atoms with Crippen LogP contribution in [0.25, 0.3) is 10.9 Å². The molecule has 0 radical (unpaired) electrons. The second kappa shape index (κ2) is 3.78. The van der Waals surface area contributed by atoms with Crippen LogP contribution in [0.2, 0.25) is 0 Å². The molecule has 1 heterocycles. The number of carbonyl (C=O) groups is 1. The molecule has 16 heavy (non-hydrogen) atoms. The first-order chi connectivity index (χ1) is 7.84. The van der Waals surface area contributed by atoms with Crippen molar-refractivity contribution in [3.05, 3.63) is 36.5 Å². The van der Waals surface area contributed by atoms with Crippen LogP contribution in [0.3, 0.4) is 0 Å². The zero-order valence-corrected chi connectivity index (χ0v) is 9.23. The topological polar surface area (TPSA) is 22.0 Å². The molecule has 1 aliphatic carbocycles. The van der Waals surface area contributed by atoms with Crippen molar-refractivity contribution >= 4 is 16.7 Å². The highest BCUT2D eigenvalue weighted by atomic mass is 16.1. The van der Waals surface area contributed by atoms with Gasteiger partial charge < -0.3 is 4.57 Å². The van der Waals surface area contributed by atoms with E-state index in [2.05, 4.69) is 22.8 Å². The number of rotatable bonds is 3. The van der Waals surface area contributed by atoms with Gasteiger partial charge >= 0.3 is 0 Å². The van der Waals surface area contributed by atoms with E-state index in [0.717, 1.165) is 18.4 Å². The van der Waals surface area contributed by atoms with Crippen molar-refractivity contribution in [3.63, 3.8) is 0 Å². The number of carbonyl (C=O) groups excluding carboxylic acids is 1. The van der Waals surface area contributed by atoms with Gasteiger partial charge in [0.15, 0.2) is 5.78 Å². The van der Waals surface area contributed by atoms with Crippen LogP contribution in [0.4, 0.5) is 0 Å². The lowest BCUT2D eigenvalue weighted by molar-refractivity contribution is -0.125. The van der Waals surface area contributed by atoms with Crippen LogP contribution in [0.15, 0.2) is 36.5 Å². The fraction of sp³-hybridized carbons (Fsp3) is 0.357. The van der Waals surface area contributed by atoms with Gasteiger partial charge in [0.1, 0.15) is 0 Å². The van der Waals surface area contributed by atoms with E-state index in [9.17, 15) is 4.79 Å². The summed E-state index contributed by atoms with van der Waals surface area (Å²) in [4.78, 5) is 11.9. The maximum Gasteiger partial charge on any atom is 0.155 e. The van der Waals surface area contributed by atoms with Crippen molar-refractivity contribution in [1.29, 1.82) is 0 Å². The van der Waals surface area contributed by atoms with Gasteiger partial charge in [-0.3, -0.25) is 4.79 Å². The van der Waals surface area contributed by atoms with Gasteiger partial charge in [0, 0.05) is 17.6 Å². The molecule has 0 N–H and O–H groups in total. The lowest BCUT2D eigenvalue weighted by atomic mass is 9.82. The van der Waals surface area contributed by atoms with E-state index in [-0.39, 0.29) is 0 Å². The molecule has 0 bridgehead atoms. The second-order valence-corrected chi connectivity index (χ2v) is 4.60. The molecular formula is C14H15NO. The molecule has 3 rings (SSSR count). The minimum Gasteiger partial charge on any atom is -0.340 e. The Balaban J connectivity index is 1.86. The third-order valence-corrected chi connectivity index (χ3v) is 3.57. The number of aromatic nitrogens is 1. The molecular weight excluding hydrogens is 198 g/mol. The molecule has 0 atom stereocenters. The van der Waals surface area contributed by atoms with Gasteiger partial charge in [0.05, 0.1) is 6.54 Å². The van der Waals surface area contributed by atoms with Crippen molar-refractivity contribution in [1.82, 2.24) is 4.57 Å². The third kappa shape index (κ3) is 1.54. The maximum atomic E-state index is 11.9. The smallest absolute Gasteiger partial charge is 0.155 e. The predicted molar refractivity (Wildman–Crippen MR) is 64.3 cm³/mol. The number of para-hydroxylation sites is 1. The number of fused-ring (bicyclic) bond motifs is 1. The third-order valence-electron chi connectivity index (χ3n) is 3.57. The average Bonchev–Trinajstić information content (AvgIpc) is 2.59. The monoisotopic (exact) mass is 213 g/mol. The Hall–Kier alpha value is -1.57. The van der Waals surface area contributed by atoms with Crippen LogP contribution in [-0.2, 0) is 11.3 Å². The number of benzene rings is 1. The summed E-state index contributed by atoms with van der Waals surface area (Å²) in [6.45, 7) is 0.540. The number of hydrogen-bond donors (Lipinski definition) is 0. The predicted octanol–water partition coefficient (Wildman–Crippen LogP) is 3.01. The van der Waals surface area contributed by atoms with Crippen molar-refractivity contribution in [2.24, 2.45) is 5.92 Å². The van der Waals surface area contributed by atoms with E-state index in [1.165, 1.54) is 11.8 Å². The fourth-order valence-electron chi connectivity index (χ4n) is 2.31. The fourth-order valence-corrected chi connectivity index (χ4v) is 2.31. The van der Waals surface area contributed by atoms with Crippen LogP contribution in [0.5, 0.6) is 0 Å². The van der Waals surface area contributed by atoms with E-state index in [4.69, 9.17) is 0 Å². The van der Waals surface area contributed by atoms with Crippen molar-refractivity contribution in [3.8, 4) is 0 Å². The highest BCUT2D eigenvalue weighted by Crippen LogP contribution is 2.28. The van der Waals surface area contributed by atoms with Gasteiger partial charge in [0.25, 0.3) is 0 Å². The van der Waals surface area contributed by atoms with Gasteiger partial charge in [-0.25, -0.2) is 0 Å². The molecule has 1 aliphatic rings. The summed E-state index contributed by atoms with van der Waals surface area (Å²) in [5.41, 5.74) is 1.16. The molecule has 0 unspecified atom stereocenters. The Labute approximate surface area is 94.9 Å². The quantitative estimate of drug-likeness (QED) is 0.768. The van der Waals surface area contributed by atoms with Gasteiger partial charge in [-0.1, -0.05) is 24.6 Å². The molecule has 1 aromatic heterocycles. The van der Waals surface area contributed by atoms with Crippen molar-refractivity contribution in [2.75, 3.05) is 0 Å². The summed E-state index contributed by atoms with van der Waals surface area (Å²) in [7, 11) is 0. The Morgan fingerprint density at radius 2 is 2.06 bits per heavy atom. The average molecular weight is 213 g/mol. The summed E-state index contributed by atoms with van der Waals surface area (Å²) in [6.07, 6.45) is 5.43. The zero-order chi connectivity index (χ0) is 11.0. The summed E-state index contributed by atoms with van der Waals surface area (Å²) in [5.74, 6) is 0.730. The number of Topliss-reactive ketones (excluding diaryl/α,β-unsaturated/α-hetero) is 1. The summed E-state index contributed by atoms with van der Waals surface area (Å²) in [6, 6.07) is 10.3. The highest BCUT2D eigenvalue weighted by molar-refractivity contribution is 5.85. The lowest BCUT2D eigenvalue weighted by Crippen LogP contribution is -2.25. The van der Waals surface area contributed by atoms with E-state index >= 15 is 0 Å². The van der Waals surface area contributed by atoms with E-state index in [1.54, 1.807) is 0 Å². The Morgan fingerprint density at radius 1 is 1.25 bits per heavy atom.